The van der Waals surface area contributed by atoms with Gasteiger partial charge in [-0.1, -0.05) is 29.3 Å². The van der Waals surface area contributed by atoms with Gasteiger partial charge in [0, 0.05) is 36.1 Å². The van der Waals surface area contributed by atoms with Crippen LogP contribution in [0, 0.1) is 0 Å². The number of aromatic nitrogens is 1. The number of nitrogens with one attached hydrogen (secondary N) is 1. The Bertz CT molecular complexity index is 654. The van der Waals surface area contributed by atoms with Crippen molar-refractivity contribution >= 4 is 29.1 Å². The smallest absolute Gasteiger partial charge is 0.255 e. The highest BCUT2D eigenvalue weighted by Crippen LogP contribution is 2.32. The molecule has 0 fully saturated rings. The molecule has 124 valence electrons. The normalized spacial score (nSPS) is 10.0. The zero-order valence-corrected chi connectivity index (χ0v) is 14.3. The van der Waals surface area contributed by atoms with E-state index in [4.69, 9.17) is 33.7 Å². The Hall–Kier alpha value is -1.53. The Labute approximate surface area is 150 Å². The fourth-order valence-electron chi connectivity index (χ4n) is 1.89. The largest absolute Gasteiger partial charge is 1.00 e. The summed E-state index contributed by atoms with van der Waals surface area (Å²) in [5.74, 6) is -0.163. The maximum atomic E-state index is 10.9. The summed E-state index contributed by atoms with van der Waals surface area (Å²) in [5.41, 5.74) is 6.89. The number of halogens is 3. The lowest BCUT2D eigenvalue weighted by Gasteiger charge is -2.13. The maximum Gasteiger partial charge on any atom is 0.255 e. The van der Waals surface area contributed by atoms with Gasteiger partial charge >= 0.3 is 0 Å². The van der Waals surface area contributed by atoms with Gasteiger partial charge in [-0.2, -0.15) is 0 Å². The van der Waals surface area contributed by atoms with Crippen LogP contribution in [0.25, 0.3) is 0 Å². The molecule has 0 bridgehead atoms. The van der Waals surface area contributed by atoms with Crippen LogP contribution in [0.2, 0.25) is 10.0 Å². The van der Waals surface area contributed by atoms with Crippen LogP contribution in [-0.4, -0.2) is 17.5 Å². The van der Waals surface area contributed by atoms with Gasteiger partial charge in [0.15, 0.2) is 6.61 Å². The second kappa shape index (κ2) is 9.57. The number of amides is 1. The molecule has 0 spiro atoms. The molecule has 0 unspecified atom stereocenters. The van der Waals surface area contributed by atoms with E-state index in [2.05, 4.69) is 10.3 Å². The number of carbonyl (C=O) groups is 1. The first-order valence-electron chi connectivity index (χ1n) is 6.55. The van der Waals surface area contributed by atoms with Crippen molar-refractivity contribution in [2.75, 3.05) is 6.61 Å². The summed E-state index contributed by atoms with van der Waals surface area (Å²) in [6.45, 7) is 0.869. The molecule has 5 nitrogen and oxygen atoms in total. The summed E-state index contributed by atoms with van der Waals surface area (Å²) >= 11 is 12.1. The summed E-state index contributed by atoms with van der Waals surface area (Å²) < 4.78 is 5.37. The van der Waals surface area contributed by atoms with Crippen molar-refractivity contribution in [3.8, 4) is 5.75 Å². The standard InChI is InChI=1S/C15H15Cl2N3O2.ClH/c16-12-4-11(8-20-7-10-2-1-3-19-6-10)15(13(17)5-12)22-9-14(18)21;/h1-6,20H,7-9H2,(H2,18,21);1H/p-1. The minimum Gasteiger partial charge on any atom is -1.00 e. The number of benzene rings is 1. The van der Waals surface area contributed by atoms with Gasteiger partial charge in [-0.3, -0.25) is 9.78 Å². The van der Waals surface area contributed by atoms with Crippen LogP contribution >= 0.6 is 23.2 Å². The highest BCUT2D eigenvalue weighted by molar-refractivity contribution is 6.35. The van der Waals surface area contributed by atoms with E-state index < -0.39 is 5.91 Å². The van der Waals surface area contributed by atoms with Gasteiger partial charge < -0.3 is 28.2 Å². The Morgan fingerprint density at radius 3 is 2.74 bits per heavy atom. The number of rotatable bonds is 7. The van der Waals surface area contributed by atoms with Crippen molar-refractivity contribution in [3.05, 3.63) is 57.8 Å². The highest BCUT2D eigenvalue weighted by Gasteiger charge is 2.12. The Morgan fingerprint density at radius 1 is 1.30 bits per heavy atom. The van der Waals surface area contributed by atoms with Crippen LogP contribution < -0.4 is 28.2 Å². The number of hydrogen-bond acceptors (Lipinski definition) is 4. The second-order valence-electron chi connectivity index (χ2n) is 4.60. The molecule has 1 heterocycles. The van der Waals surface area contributed by atoms with Crippen molar-refractivity contribution in [1.29, 1.82) is 0 Å². The minimum atomic E-state index is -0.569. The molecule has 23 heavy (non-hydrogen) atoms. The van der Waals surface area contributed by atoms with Crippen LogP contribution in [-0.2, 0) is 17.9 Å². The molecule has 0 aliphatic carbocycles. The second-order valence-corrected chi connectivity index (χ2v) is 5.44. The third-order valence-electron chi connectivity index (χ3n) is 2.81. The van der Waals surface area contributed by atoms with E-state index in [0.717, 1.165) is 11.1 Å². The van der Waals surface area contributed by atoms with Crippen LogP contribution in [0.3, 0.4) is 0 Å². The molecular formula is C15H15Cl3N3O2-. The molecule has 2 aromatic rings. The molecule has 0 saturated heterocycles. The Balaban J connectivity index is 0.00000264. The van der Waals surface area contributed by atoms with Gasteiger partial charge in [-0.25, -0.2) is 0 Å². The summed E-state index contributed by atoms with van der Waals surface area (Å²) in [6, 6.07) is 7.13. The number of nitrogens with two attached hydrogens (primary N) is 1. The van der Waals surface area contributed by atoms with Gasteiger partial charge in [-0.15, -0.1) is 0 Å². The van der Waals surface area contributed by atoms with Crippen LogP contribution in [0.1, 0.15) is 11.1 Å². The predicted octanol–water partition coefficient (Wildman–Crippen LogP) is -0.454. The topological polar surface area (TPSA) is 77.2 Å². The monoisotopic (exact) mass is 374 g/mol. The number of carbonyl (C=O) groups excluding carboxylic acids is 1. The third kappa shape index (κ3) is 6.23. The number of nitrogens with zero attached hydrogens (tertiary/aromatic N) is 1. The summed E-state index contributed by atoms with van der Waals surface area (Å²) in [5, 5.41) is 4.08. The first-order chi connectivity index (χ1) is 10.6. The number of ether oxygens (including phenoxy) is 1. The van der Waals surface area contributed by atoms with Gasteiger partial charge in [0.25, 0.3) is 5.91 Å². The van der Waals surface area contributed by atoms with Gasteiger partial charge in [0.05, 0.1) is 5.02 Å². The van der Waals surface area contributed by atoms with Crippen LogP contribution in [0.4, 0.5) is 0 Å². The highest BCUT2D eigenvalue weighted by atomic mass is 35.5. The van der Waals surface area contributed by atoms with Crippen LogP contribution in [0.15, 0.2) is 36.7 Å². The summed E-state index contributed by atoms with van der Waals surface area (Å²) in [4.78, 5) is 14.9. The van der Waals surface area contributed by atoms with E-state index in [-0.39, 0.29) is 19.0 Å². The quantitative estimate of drug-likeness (QED) is 0.687. The number of primary amides is 1. The SMILES string of the molecule is NC(=O)COc1c(Cl)cc(Cl)cc1CNCc1cccnc1.[Cl-]. The van der Waals surface area contributed by atoms with E-state index in [0.29, 0.717) is 28.9 Å². The van der Waals surface area contributed by atoms with E-state index in [1.54, 1.807) is 24.5 Å². The fraction of sp³-hybridized carbons (Fsp3) is 0.200. The molecule has 1 aromatic heterocycles. The molecule has 0 atom stereocenters. The van der Waals surface area contributed by atoms with Crippen molar-refractivity contribution in [3.63, 3.8) is 0 Å². The van der Waals surface area contributed by atoms with Gasteiger partial charge in [-0.05, 0) is 23.8 Å². The maximum absolute atomic E-state index is 10.9. The van der Waals surface area contributed by atoms with Crippen LogP contribution in [0.5, 0.6) is 5.75 Å². The van der Waals surface area contributed by atoms with E-state index >= 15 is 0 Å². The Morgan fingerprint density at radius 2 is 2.09 bits per heavy atom. The summed E-state index contributed by atoms with van der Waals surface area (Å²) in [6.07, 6.45) is 3.50. The molecule has 1 aromatic carbocycles. The Kier molecular flexibility index (Phi) is 8.12. The first kappa shape index (κ1) is 19.5. The molecule has 3 N–H and O–H groups in total. The molecule has 0 aliphatic heterocycles. The molecule has 2 rings (SSSR count). The lowest BCUT2D eigenvalue weighted by atomic mass is 10.2. The van der Waals surface area contributed by atoms with Crippen molar-refractivity contribution in [2.45, 2.75) is 13.1 Å². The van der Waals surface area contributed by atoms with E-state index in [1.165, 1.54) is 0 Å². The van der Waals surface area contributed by atoms with Crippen molar-refractivity contribution < 1.29 is 21.9 Å². The lowest BCUT2D eigenvalue weighted by molar-refractivity contribution is -0.119. The average Bonchev–Trinajstić information content (AvgIpc) is 2.47. The molecular weight excluding hydrogens is 361 g/mol. The molecule has 0 saturated carbocycles. The van der Waals surface area contributed by atoms with E-state index in [1.807, 2.05) is 12.1 Å². The van der Waals surface area contributed by atoms with Crippen molar-refractivity contribution in [2.24, 2.45) is 5.73 Å². The lowest BCUT2D eigenvalue weighted by Crippen LogP contribution is -3.00. The first-order valence-corrected chi connectivity index (χ1v) is 7.30. The van der Waals surface area contributed by atoms with Gasteiger partial charge in [0.1, 0.15) is 5.75 Å². The van der Waals surface area contributed by atoms with E-state index in [9.17, 15) is 4.79 Å². The minimum absolute atomic E-state index is 0. The van der Waals surface area contributed by atoms with Gasteiger partial charge in [0.2, 0.25) is 0 Å². The molecule has 1 amide bonds. The predicted molar refractivity (Wildman–Crippen MR) is 85.9 cm³/mol. The third-order valence-corrected chi connectivity index (χ3v) is 3.31. The number of pyridine rings is 1. The zero-order chi connectivity index (χ0) is 15.9. The summed E-state index contributed by atoms with van der Waals surface area (Å²) in [7, 11) is 0. The molecule has 0 radical (unpaired) electrons. The molecule has 0 aliphatic rings. The fourth-order valence-corrected chi connectivity index (χ4v) is 2.48. The molecule has 8 heteroatoms. The van der Waals surface area contributed by atoms with Crippen molar-refractivity contribution in [1.82, 2.24) is 10.3 Å². The number of hydrogen-bond donors (Lipinski definition) is 2. The zero-order valence-electron chi connectivity index (χ0n) is 12.1. The average molecular weight is 376 g/mol.